The van der Waals surface area contributed by atoms with Crippen LogP contribution in [0.1, 0.15) is 30.7 Å². The number of halogens is 6. The predicted molar refractivity (Wildman–Crippen MR) is 161 cm³/mol. The predicted octanol–water partition coefficient (Wildman–Crippen LogP) is 8.67. The van der Waals surface area contributed by atoms with Gasteiger partial charge in [-0.15, -0.1) is 22.7 Å². The first-order valence-corrected chi connectivity index (χ1v) is 15.1. The fourth-order valence-corrected chi connectivity index (χ4v) is 6.49. The van der Waals surface area contributed by atoms with Gasteiger partial charge in [0.05, 0.1) is 23.5 Å². The van der Waals surface area contributed by atoms with E-state index in [4.69, 9.17) is 8.83 Å². The van der Waals surface area contributed by atoms with Crippen molar-refractivity contribution < 1.29 is 44.8 Å². The summed E-state index contributed by atoms with van der Waals surface area (Å²) in [7, 11) is 0. The van der Waals surface area contributed by atoms with Gasteiger partial charge in [0.1, 0.15) is 20.8 Å². The van der Waals surface area contributed by atoms with E-state index < -0.39 is 57.6 Å². The number of aromatic nitrogens is 4. The van der Waals surface area contributed by atoms with Gasteiger partial charge in [-0.05, 0) is 59.3 Å². The Morgan fingerprint density at radius 2 is 0.979 bits per heavy atom. The first-order chi connectivity index (χ1) is 23.0. The Morgan fingerprint density at radius 1 is 0.562 bits per heavy atom. The average Bonchev–Trinajstić information content (AvgIpc) is 3.89. The summed E-state index contributed by atoms with van der Waals surface area (Å²) in [6.45, 7) is 0. The Kier molecular flexibility index (Phi) is 6.74. The molecule has 0 spiro atoms. The van der Waals surface area contributed by atoms with E-state index in [9.17, 15) is 35.9 Å². The Hall–Kier alpha value is -5.74. The number of nitrogens with zero attached hydrogens (tertiary/aromatic N) is 4. The van der Waals surface area contributed by atoms with Gasteiger partial charge < -0.3 is 8.83 Å². The van der Waals surface area contributed by atoms with E-state index in [2.05, 4.69) is 19.9 Å². The molecule has 0 radical (unpaired) electrons. The van der Waals surface area contributed by atoms with Crippen molar-refractivity contribution >= 4 is 67.2 Å². The normalized spacial score (nSPS) is 11.7. The number of carbonyl (C=O) groups excluding carboxylic acids is 2. The maximum absolute atomic E-state index is 14.2. The minimum absolute atomic E-state index is 0.116. The molecule has 0 saturated carbocycles. The summed E-state index contributed by atoms with van der Waals surface area (Å²) < 4.78 is 94.1. The molecule has 0 saturated heterocycles. The molecule has 4 aromatic carbocycles. The van der Waals surface area contributed by atoms with Gasteiger partial charge in [-0.1, -0.05) is 0 Å². The maximum atomic E-state index is 14.2. The molecule has 0 bridgehead atoms. The van der Waals surface area contributed by atoms with Crippen LogP contribution in [-0.4, -0.2) is 31.5 Å². The highest BCUT2D eigenvalue weighted by Gasteiger charge is 2.25. The second-order valence-electron chi connectivity index (χ2n) is 10.2. The van der Waals surface area contributed by atoms with Crippen LogP contribution in [0, 0.1) is 34.9 Å². The van der Waals surface area contributed by atoms with E-state index in [0.29, 0.717) is 54.9 Å². The topological polar surface area (TPSA) is 112 Å². The summed E-state index contributed by atoms with van der Waals surface area (Å²) >= 11 is 1.67. The number of oxazole rings is 2. The fourth-order valence-electron chi connectivity index (χ4n) is 4.89. The van der Waals surface area contributed by atoms with Crippen molar-refractivity contribution in [3.63, 3.8) is 0 Å². The van der Waals surface area contributed by atoms with Crippen LogP contribution in [0.4, 0.5) is 26.3 Å². The molecule has 0 amide bonds. The molecular weight excluding hydrogens is 682 g/mol. The molecule has 0 aliphatic rings. The first-order valence-electron chi connectivity index (χ1n) is 13.5. The molecule has 0 N–H and O–H groups in total. The van der Waals surface area contributed by atoms with E-state index in [1.807, 2.05) is 0 Å². The van der Waals surface area contributed by atoms with Crippen molar-refractivity contribution in [1.29, 1.82) is 0 Å². The molecule has 236 valence electrons. The van der Waals surface area contributed by atoms with Crippen LogP contribution in [0.2, 0.25) is 0 Å². The monoisotopic (exact) mass is 692 g/mol. The van der Waals surface area contributed by atoms with Crippen LogP contribution in [0.15, 0.2) is 69.8 Å². The van der Waals surface area contributed by atoms with Gasteiger partial charge in [0.2, 0.25) is 23.3 Å². The third kappa shape index (κ3) is 4.75. The molecule has 0 aliphatic heterocycles. The standard InChI is InChI=1S/C32H10F6N4O4S2/c33-15-3-1-13(23(35)25(15)37)27(43)31-39-9-21(47-31)29-41-17-5-11-8-20-18(6-12(11)7-19(17)45-29)42-30(46-20)22-10-40-32(48-22)28(44)14-2-4-16(34)26(38)24(14)36/h1-10H. The Bertz CT molecular complexity index is 2420. The van der Waals surface area contributed by atoms with E-state index >= 15 is 0 Å². The molecule has 0 fully saturated rings. The molecule has 4 heterocycles. The van der Waals surface area contributed by atoms with Gasteiger partial charge in [0, 0.05) is 0 Å². The number of rotatable bonds is 6. The smallest absolute Gasteiger partial charge is 0.239 e. The second kappa shape index (κ2) is 10.9. The van der Waals surface area contributed by atoms with Gasteiger partial charge in [0.15, 0.2) is 56.1 Å². The van der Waals surface area contributed by atoms with Crippen molar-refractivity contribution in [3.8, 4) is 21.5 Å². The molecule has 8 aromatic rings. The van der Waals surface area contributed by atoms with Crippen LogP contribution < -0.4 is 0 Å². The van der Waals surface area contributed by atoms with E-state index in [1.165, 1.54) is 12.4 Å². The van der Waals surface area contributed by atoms with Crippen molar-refractivity contribution in [2.75, 3.05) is 0 Å². The molecule has 8 nitrogen and oxygen atoms in total. The molecule has 8 rings (SSSR count). The average molecular weight is 693 g/mol. The lowest BCUT2D eigenvalue weighted by atomic mass is 10.1. The molecular formula is C32H10F6N4O4S2. The minimum atomic E-state index is -1.76. The Morgan fingerprint density at radius 3 is 1.40 bits per heavy atom. The summed E-state index contributed by atoms with van der Waals surface area (Å²) in [4.78, 5) is 43.0. The maximum Gasteiger partial charge on any atom is 0.239 e. The zero-order chi connectivity index (χ0) is 33.4. The summed E-state index contributed by atoms with van der Waals surface area (Å²) in [6, 6.07) is 9.85. The summed E-state index contributed by atoms with van der Waals surface area (Å²) in [5, 5.41) is 1.03. The zero-order valence-electron chi connectivity index (χ0n) is 23.3. The van der Waals surface area contributed by atoms with E-state index in [-0.39, 0.29) is 21.8 Å². The minimum Gasteiger partial charge on any atom is -0.435 e. The highest BCUT2D eigenvalue weighted by molar-refractivity contribution is 7.17. The van der Waals surface area contributed by atoms with Crippen molar-refractivity contribution in [2.24, 2.45) is 0 Å². The Labute approximate surface area is 269 Å². The van der Waals surface area contributed by atoms with Gasteiger partial charge >= 0.3 is 0 Å². The molecule has 0 unspecified atom stereocenters. The number of ketones is 2. The summed E-state index contributed by atoms with van der Waals surface area (Å²) in [5.74, 6) is -11.2. The highest BCUT2D eigenvalue weighted by Crippen LogP contribution is 2.35. The molecule has 4 aromatic heterocycles. The summed E-state index contributed by atoms with van der Waals surface area (Å²) in [6.07, 6.45) is 2.59. The lowest BCUT2D eigenvalue weighted by molar-refractivity contribution is 0.102. The van der Waals surface area contributed by atoms with Crippen LogP contribution in [0.5, 0.6) is 0 Å². The quantitative estimate of drug-likeness (QED) is 0.0967. The van der Waals surface area contributed by atoms with Crippen molar-refractivity contribution in [1.82, 2.24) is 19.9 Å². The van der Waals surface area contributed by atoms with Crippen LogP contribution in [-0.2, 0) is 0 Å². The molecule has 16 heteroatoms. The lowest BCUT2D eigenvalue weighted by Crippen LogP contribution is -2.06. The molecule has 48 heavy (non-hydrogen) atoms. The van der Waals surface area contributed by atoms with Gasteiger partial charge in [-0.3, -0.25) is 9.59 Å². The third-order valence-corrected chi connectivity index (χ3v) is 9.20. The fraction of sp³-hybridized carbons (Fsp3) is 0. The third-order valence-electron chi connectivity index (χ3n) is 7.23. The number of fused-ring (bicyclic) bond motifs is 3. The number of thiazole rings is 2. The number of benzene rings is 4. The molecule has 0 atom stereocenters. The Balaban J connectivity index is 1.08. The number of hydrogen-bond acceptors (Lipinski definition) is 10. The zero-order valence-corrected chi connectivity index (χ0v) is 24.9. The SMILES string of the molecule is O=C(c1ncc(-c2nc3cc4cc5oc(-c6cnc(C(=O)c7ccc(F)c(F)c7F)s6)nc5cc4cc3o2)s1)c1ccc(F)c(F)c1F. The highest BCUT2D eigenvalue weighted by atomic mass is 32.1. The van der Waals surface area contributed by atoms with E-state index in [1.54, 1.807) is 24.3 Å². The van der Waals surface area contributed by atoms with Crippen LogP contribution in [0.3, 0.4) is 0 Å². The van der Waals surface area contributed by atoms with Gasteiger partial charge in [-0.2, -0.15) is 0 Å². The van der Waals surface area contributed by atoms with Crippen LogP contribution in [0.25, 0.3) is 54.5 Å². The number of carbonyl (C=O) groups is 2. The lowest BCUT2D eigenvalue weighted by Gasteiger charge is -2.01. The first kappa shape index (κ1) is 29.6. The summed E-state index contributed by atoms with van der Waals surface area (Å²) in [5.41, 5.74) is 0.313. The largest absolute Gasteiger partial charge is 0.435 e. The van der Waals surface area contributed by atoms with Crippen LogP contribution >= 0.6 is 22.7 Å². The number of hydrogen-bond donors (Lipinski definition) is 0. The van der Waals surface area contributed by atoms with Crippen molar-refractivity contribution in [3.05, 3.63) is 117 Å². The van der Waals surface area contributed by atoms with E-state index in [0.717, 1.165) is 34.8 Å². The van der Waals surface area contributed by atoms with Gasteiger partial charge in [-0.25, -0.2) is 46.3 Å². The second-order valence-corrected chi connectivity index (χ2v) is 12.2. The molecule has 0 aliphatic carbocycles. The van der Waals surface area contributed by atoms with Gasteiger partial charge in [0.25, 0.3) is 0 Å². The van der Waals surface area contributed by atoms with Crippen molar-refractivity contribution in [2.45, 2.75) is 0 Å².